The minimum Gasteiger partial charge on any atom is -0.505 e. The zero-order valence-corrected chi connectivity index (χ0v) is 18.9. The number of rotatable bonds is 7. The van der Waals surface area contributed by atoms with Crippen molar-refractivity contribution < 1.29 is 5.11 Å². The fourth-order valence-electron chi connectivity index (χ4n) is 3.60. The van der Waals surface area contributed by atoms with Crippen molar-refractivity contribution in [2.75, 3.05) is 5.32 Å². The van der Waals surface area contributed by atoms with Crippen LogP contribution in [0, 0.1) is 0 Å². The Bertz CT molecular complexity index is 1480. The van der Waals surface area contributed by atoms with Crippen LogP contribution in [0.4, 0.5) is 28.4 Å². The zero-order chi connectivity index (χ0) is 23.9. The summed E-state index contributed by atoms with van der Waals surface area (Å²) in [6, 6.07) is 36.6. The maximum Gasteiger partial charge on any atom is 0.150 e. The number of benzene rings is 5. The Morgan fingerprint density at radius 3 is 1.86 bits per heavy atom. The predicted octanol–water partition coefficient (Wildman–Crippen LogP) is 8.99. The molecule has 2 N–H and O–H groups in total. The Kier molecular flexibility index (Phi) is 6.53. The maximum atomic E-state index is 10.7. The second-order valence-corrected chi connectivity index (χ2v) is 7.96. The van der Waals surface area contributed by atoms with Gasteiger partial charge in [-0.25, -0.2) is 0 Å². The molecule has 0 atom stereocenters. The lowest BCUT2D eigenvalue weighted by Crippen LogP contribution is -1.98. The molecule has 5 aromatic carbocycles. The van der Waals surface area contributed by atoms with E-state index in [4.69, 9.17) is 0 Å². The minimum absolute atomic E-state index is 0.106. The Morgan fingerprint density at radius 1 is 0.571 bits per heavy atom. The zero-order valence-electron chi connectivity index (χ0n) is 18.9. The molecular formula is C29H23N5O. The van der Waals surface area contributed by atoms with Crippen LogP contribution >= 0.6 is 0 Å². The summed E-state index contributed by atoms with van der Waals surface area (Å²) in [6.07, 6.45) is 0. The van der Waals surface area contributed by atoms with Crippen molar-refractivity contribution in [2.24, 2.45) is 20.5 Å². The Morgan fingerprint density at radius 2 is 1.17 bits per heavy atom. The summed E-state index contributed by atoms with van der Waals surface area (Å²) in [5, 5.41) is 32.8. The number of phenols is 1. The van der Waals surface area contributed by atoms with Gasteiger partial charge in [0.1, 0.15) is 5.69 Å². The van der Waals surface area contributed by atoms with E-state index >= 15 is 0 Å². The molecule has 35 heavy (non-hydrogen) atoms. The smallest absolute Gasteiger partial charge is 0.150 e. The van der Waals surface area contributed by atoms with Gasteiger partial charge in [0, 0.05) is 17.6 Å². The number of azo groups is 2. The van der Waals surface area contributed by atoms with Crippen LogP contribution in [0.5, 0.6) is 5.75 Å². The predicted molar refractivity (Wildman–Crippen MR) is 141 cm³/mol. The van der Waals surface area contributed by atoms with Crippen LogP contribution in [-0.2, 0) is 6.54 Å². The number of nitrogens with one attached hydrogen (secondary N) is 1. The van der Waals surface area contributed by atoms with Crippen molar-refractivity contribution in [3.63, 3.8) is 0 Å². The van der Waals surface area contributed by atoms with Gasteiger partial charge >= 0.3 is 0 Å². The summed E-state index contributed by atoms with van der Waals surface area (Å²) in [7, 11) is 0. The maximum absolute atomic E-state index is 10.7. The Labute approximate surface area is 203 Å². The fraction of sp³-hybridized carbons (Fsp3) is 0.0345. The molecule has 0 saturated heterocycles. The van der Waals surface area contributed by atoms with E-state index in [1.807, 2.05) is 97.1 Å². The van der Waals surface area contributed by atoms with Gasteiger partial charge in [0.05, 0.1) is 17.1 Å². The molecule has 0 spiro atoms. The van der Waals surface area contributed by atoms with Crippen LogP contribution < -0.4 is 5.32 Å². The topological polar surface area (TPSA) is 81.7 Å². The normalized spacial score (nSPS) is 11.4. The number of anilines is 1. The van der Waals surface area contributed by atoms with E-state index in [0.29, 0.717) is 11.4 Å². The molecule has 0 radical (unpaired) electrons. The van der Waals surface area contributed by atoms with E-state index in [9.17, 15) is 5.11 Å². The standard InChI is InChI=1S/C29H23N5O/c35-29-27-17-16-26(30-20-21-7-3-1-4-8-21)19-22(27)11-18-28(29)34-33-25-14-12-24(13-15-25)32-31-23-9-5-2-6-10-23/h1-19,30,35H,20H2. The lowest BCUT2D eigenvalue weighted by atomic mass is 10.1. The SMILES string of the molecule is Oc1c(N=Nc2ccc(N=Nc3ccccc3)cc2)ccc2cc(NCc3ccccc3)ccc12. The average molecular weight is 458 g/mol. The van der Waals surface area contributed by atoms with Gasteiger partial charge in [-0.15, -0.1) is 5.11 Å². The van der Waals surface area contributed by atoms with Gasteiger partial charge in [-0.3, -0.25) is 0 Å². The van der Waals surface area contributed by atoms with Crippen LogP contribution in [-0.4, -0.2) is 5.11 Å². The first-order valence-electron chi connectivity index (χ1n) is 11.3. The number of phenolic OH excluding ortho intramolecular Hbond substituents is 1. The van der Waals surface area contributed by atoms with Crippen molar-refractivity contribution in [2.45, 2.75) is 6.54 Å². The van der Waals surface area contributed by atoms with E-state index in [1.165, 1.54) is 5.56 Å². The molecule has 5 aromatic rings. The Balaban J connectivity index is 1.27. The third-order valence-corrected chi connectivity index (χ3v) is 5.47. The molecule has 0 saturated carbocycles. The molecule has 0 heterocycles. The molecule has 0 amide bonds. The van der Waals surface area contributed by atoms with Crippen molar-refractivity contribution in [3.05, 3.63) is 121 Å². The number of hydrogen-bond acceptors (Lipinski definition) is 6. The monoisotopic (exact) mass is 457 g/mol. The van der Waals surface area contributed by atoms with Gasteiger partial charge in [-0.2, -0.15) is 15.3 Å². The number of fused-ring (bicyclic) bond motifs is 1. The second-order valence-electron chi connectivity index (χ2n) is 7.96. The summed E-state index contributed by atoms with van der Waals surface area (Å²) in [5.74, 6) is 0.106. The highest BCUT2D eigenvalue weighted by molar-refractivity contribution is 5.94. The quantitative estimate of drug-likeness (QED) is 0.239. The van der Waals surface area contributed by atoms with E-state index in [-0.39, 0.29) is 5.75 Å². The first-order chi connectivity index (χ1) is 17.2. The van der Waals surface area contributed by atoms with E-state index in [0.717, 1.165) is 34.4 Å². The first kappa shape index (κ1) is 22.0. The molecule has 0 aliphatic rings. The highest BCUT2D eigenvalue weighted by atomic mass is 16.3. The van der Waals surface area contributed by atoms with Crippen LogP contribution in [0.15, 0.2) is 136 Å². The Hall–Kier alpha value is -4.84. The van der Waals surface area contributed by atoms with Crippen molar-refractivity contribution in [1.82, 2.24) is 0 Å². The number of aromatic hydroxyl groups is 1. The van der Waals surface area contributed by atoms with E-state index < -0.39 is 0 Å². The van der Waals surface area contributed by atoms with Crippen LogP contribution in [0.25, 0.3) is 10.8 Å². The van der Waals surface area contributed by atoms with Gasteiger partial charge < -0.3 is 10.4 Å². The van der Waals surface area contributed by atoms with Gasteiger partial charge in [0.25, 0.3) is 0 Å². The third kappa shape index (κ3) is 5.57. The summed E-state index contributed by atoms with van der Waals surface area (Å²) in [5.41, 5.74) is 4.78. The highest BCUT2D eigenvalue weighted by Gasteiger charge is 2.07. The molecule has 0 aliphatic carbocycles. The molecule has 170 valence electrons. The number of nitrogens with zero attached hydrogens (tertiary/aromatic N) is 4. The number of hydrogen-bond donors (Lipinski definition) is 2. The molecule has 6 nitrogen and oxygen atoms in total. The molecule has 0 aromatic heterocycles. The summed E-state index contributed by atoms with van der Waals surface area (Å²) >= 11 is 0. The minimum atomic E-state index is 0.106. The first-order valence-corrected chi connectivity index (χ1v) is 11.3. The summed E-state index contributed by atoms with van der Waals surface area (Å²) in [4.78, 5) is 0. The second kappa shape index (κ2) is 10.4. The summed E-state index contributed by atoms with van der Waals surface area (Å²) in [6.45, 7) is 0.733. The van der Waals surface area contributed by atoms with Crippen LogP contribution in [0.3, 0.4) is 0 Å². The average Bonchev–Trinajstić information content (AvgIpc) is 2.92. The molecular weight excluding hydrogens is 434 g/mol. The van der Waals surface area contributed by atoms with E-state index in [1.54, 1.807) is 6.07 Å². The molecule has 5 rings (SSSR count). The highest BCUT2D eigenvalue weighted by Crippen LogP contribution is 2.36. The van der Waals surface area contributed by atoms with Gasteiger partial charge in [-0.05, 0) is 71.6 Å². The molecule has 0 aliphatic heterocycles. The largest absolute Gasteiger partial charge is 0.505 e. The van der Waals surface area contributed by atoms with Gasteiger partial charge in [-0.1, -0.05) is 54.6 Å². The lowest BCUT2D eigenvalue weighted by molar-refractivity contribution is 0.482. The molecule has 6 heteroatoms. The van der Waals surface area contributed by atoms with Gasteiger partial charge in [0.2, 0.25) is 0 Å². The van der Waals surface area contributed by atoms with E-state index in [2.05, 4.69) is 37.9 Å². The van der Waals surface area contributed by atoms with Gasteiger partial charge in [0.15, 0.2) is 5.75 Å². The molecule has 0 bridgehead atoms. The molecule has 0 unspecified atom stereocenters. The van der Waals surface area contributed by atoms with Crippen LogP contribution in [0.2, 0.25) is 0 Å². The fourth-order valence-corrected chi connectivity index (χ4v) is 3.60. The van der Waals surface area contributed by atoms with Crippen LogP contribution in [0.1, 0.15) is 5.56 Å². The molecule has 0 fully saturated rings. The van der Waals surface area contributed by atoms with Crippen molar-refractivity contribution in [3.8, 4) is 5.75 Å². The van der Waals surface area contributed by atoms with Crippen molar-refractivity contribution >= 4 is 39.2 Å². The third-order valence-electron chi connectivity index (χ3n) is 5.47. The lowest BCUT2D eigenvalue weighted by Gasteiger charge is -2.09. The van der Waals surface area contributed by atoms with Crippen molar-refractivity contribution in [1.29, 1.82) is 0 Å². The summed E-state index contributed by atoms with van der Waals surface area (Å²) < 4.78 is 0.